The van der Waals surface area contributed by atoms with Crippen LogP contribution in [0.1, 0.15) is 18.5 Å². The van der Waals surface area contributed by atoms with Crippen molar-refractivity contribution in [2.24, 2.45) is 5.92 Å². The van der Waals surface area contributed by atoms with Crippen LogP contribution in [-0.4, -0.2) is 23.5 Å². The van der Waals surface area contributed by atoms with Crippen molar-refractivity contribution < 1.29 is 9.90 Å². The summed E-state index contributed by atoms with van der Waals surface area (Å²) in [5.41, 5.74) is 0.889. The van der Waals surface area contributed by atoms with E-state index in [1.165, 1.54) is 0 Å². The molecule has 0 bridgehead atoms. The number of benzene rings is 1. The molecule has 2 N–H and O–H groups in total. The van der Waals surface area contributed by atoms with Gasteiger partial charge in [0.15, 0.2) is 0 Å². The molecule has 1 unspecified atom stereocenters. The van der Waals surface area contributed by atoms with Crippen LogP contribution in [0.3, 0.4) is 0 Å². The Morgan fingerprint density at radius 2 is 2.06 bits per heavy atom. The fraction of sp³-hybridized carbons (Fsp3) is 0.417. The molecule has 1 aromatic carbocycles. The average Bonchev–Trinajstić information content (AvgIpc) is 2.35. The number of amides is 1. The molecule has 0 saturated carbocycles. The minimum Gasteiger partial charge on any atom is -0.394 e. The zero-order valence-corrected chi connectivity index (χ0v) is 9.95. The van der Waals surface area contributed by atoms with Crippen molar-refractivity contribution >= 4 is 17.5 Å². The van der Waals surface area contributed by atoms with E-state index in [9.17, 15) is 9.90 Å². The Hall–Kier alpha value is -1.06. The Labute approximate surface area is 100 Å². The van der Waals surface area contributed by atoms with Crippen LogP contribution in [0.25, 0.3) is 0 Å². The molecule has 0 fully saturated rings. The highest BCUT2D eigenvalue weighted by atomic mass is 35.5. The maximum Gasteiger partial charge on any atom is 0.224 e. The van der Waals surface area contributed by atoms with Crippen molar-refractivity contribution in [1.82, 2.24) is 5.32 Å². The van der Waals surface area contributed by atoms with Crippen molar-refractivity contribution in [1.29, 1.82) is 0 Å². The Morgan fingerprint density at radius 3 is 2.56 bits per heavy atom. The molecule has 0 radical (unpaired) electrons. The van der Waals surface area contributed by atoms with Crippen LogP contribution in [0, 0.1) is 5.92 Å². The third-order valence-corrected chi connectivity index (χ3v) is 2.84. The summed E-state index contributed by atoms with van der Waals surface area (Å²) < 4.78 is 0. The molecule has 0 aliphatic heterocycles. The molecule has 0 heterocycles. The lowest BCUT2D eigenvalue weighted by Crippen LogP contribution is -2.35. The second-order valence-corrected chi connectivity index (χ2v) is 4.02. The molecule has 0 spiro atoms. The van der Waals surface area contributed by atoms with Gasteiger partial charge in [0.05, 0.1) is 12.6 Å². The fourth-order valence-electron chi connectivity index (χ4n) is 1.30. The SMILES string of the molecule is CC(CCl)C(=O)N[C@H](CO)c1ccccc1. The summed E-state index contributed by atoms with van der Waals surface area (Å²) in [5.74, 6) is -0.115. The van der Waals surface area contributed by atoms with E-state index in [4.69, 9.17) is 11.6 Å². The van der Waals surface area contributed by atoms with Gasteiger partial charge in [-0.05, 0) is 5.56 Å². The van der Waals surface area contributed by atoms with Crippen LogP contribution in [-0.2, 0) is 4.79 Å². The molecule has 1 amide bonds. The molecule has 4 heteroatoms. The van der Waals surface area contributed by atoms with Crippen molar-refractivity contribution in [3.05, 3.63) is 35.9 Å². The van der Waals surface area contributed by atoms with E-state index in [2.05, 4.69) is 5.32 Å². The minimum absolute atomic E-state index is 0.120. The van der Waals surface area contributed by atoms with Crippen LogP contribution < -0.4 is 5.32 Å². The largest absolute Gasteiger partial charge is 0.394 e. The van der Waals surface area contributed by atoms with Crippen molar-refractivity contribution in [3.8, 4) is 0 Å². The molecule has 3 nitrogen and oxygen atoms in total. The van der Waals surface area contributed by atoms with Gasteiger partial charge in [0, 0.05) is 11.8 Å². The zero-order valence-electron chi connectivity index (χ0n) is 9.19. The second kappa shape index (κ2) is 6.51. The zero-order chi connectivity index (χ0) is 12.0. The lowest BCUT2D eigenvalue weighted by molar-refractivity contribution is -0.124. The molecule has 1 rings (SSSR count). The molecular weight excluding hydrogens is 226 g/mol. The number of aliphatic hydroxyl groups excluding tert-OH is 1. The summed E-state index contributed by atoms with van der Waals surface area (Å²) in [6.07, 6.45) is 0. The Kier molecular flexibility index (Phi) is 5.29. The fourth-order valence-corrected chi connectivity index (χ4v) is 1.44. The van der Waals surface area contributed by atoms with Crippen LogP contribution in [0.4, 0.5) is 0 Å². The van der Waals surface area contributed by atoms with E-state index in [0.29, 0.717) is 0 Å². The predicted octanol–water partition coefficient (Wildman–Crippen LogP) is 1.71. The third-order valence-electron chi connectivity index (χ3n) is 2.38. The Bertz CT molecular complexity index is 329. The summed E-state index contributed by atoms with van der Waals surface area (Å²) in [4.78, 5) is 11.6. The highest BCUT2D eigenvalue weighted by molar-refractivity contribution is 6.19. The first-order valence-electron chi connectivity index (χ1n) is 5.21. The molecule has 0 aliphatic rings. The maximum atomic E-state index is 11.6. The molecule has 0 aliphatic carbocycles. The number of halogens is 1. The Balaban J connectivity index is 2.66. The molecule has 16 heavy (non-hydrogen) atoms. The summed E-state index contributed by atoms with van der Waals surface area (Å²) in [7, 11) is 0. The van der Waals surface area contributed by atoms with Crippen LogP contribution in [0.2, 0.25) is 0 Å². The maximum absolute atomic E-state index is 11.6. The number of nitrogens with one attached hydrogen (secondary N) is 1. The number of carbonyl (C=O) groups is 1. The van der Waals surface area contributed by atoms with Gasteiger partial charge in [-0.25, -0.2) is 0 Å². The predicted molar refractivity (Wildman–Crippen MR) is 64.3 cm³/mol. The summed E-state index contributed by atoms with van der Waals surface area (Å²) >= 11 is 5.60. The highest BCUT2D eigenvalue weighted by Gasteiger charge is 2.17. The van der Waals surface area contributed by atoms with Gasteiger partial charge in [0.2, 0.25) is 5.91 Å². The van der Waals surface area contributed by atoms with Gasteiger partial charge in [-0.2, -0.15) is 0 Å². The first-order valence-corrected chi connectivity index (χ1v) is 5.74. The van der Waals surface area contributed by atoms with Crippen LogP contribution in [0.15, 0.2) is 30.3 Å². The van der Waals surface area contributed by atoms with E-state index < -0.39 is 0 Å². The van der Waals surface area contributed by atoms with Crippen LogP contribution >= 0.6 is 11.6 Å². The van der Waals surface area contributed by atoms with Crippen molar-refractivity contribution in [2.45, 2.75) is 13.0 Å². The first-order chi connectivity index (χ1) is 7.69. The number of hydrogen-bond acceptors (Lipinski definition) is 2. The number of aliphatic hydroxyl groups is 1. The summed E-state index contributed by atoms with van der Waals surface area (Å²) in [6.45, 7) is 1.63. The number of hydrogen-bond donors (Lipinski definition) is 2. The smallest absolute Gasteiger partial charge is 0.224 e. The summed E-state index contributed by atoms with van der Waals surface area (Å²) in [6, 6.07) is 9.00. The quantitative estimate of drug-likeness (QED) is 0.772. The number of rotatable bonds is 5. The number of carbonyl (C=O) groups excluding carboxylic acids is 1. The van der Waals surface area contributed by atoms with E-state index in [-0.39, 0.29) is 30.4 Å². The molecule has 2 atom stereocenters. The molecule has 88 valence electrons. The average molecular weight is 242 g/mol. The van der Waals surface area contributed by atoms with Crippen molar-refractivity contribution in [2.75, 3.05) is 12.5 Å². The molecule has 1 aromatic rings. The van der Waals surface area contributed by atoms with Gasteiger partial charge in [0.25, 0.3) is 0 Å². The highest BCUT2D eigenvalue weighted by Crippen LogP contribution is 2.12. The number of alkyl halides is 1. The molecule has 0 aromatic heterocycles. The lowest BCUT2D eigenvalue weighted by Gasteiger charge is -2.18. The van der Waals surface area contributed by atoms with Gasteiger partial charge >= 0.3 is 0 Å². The van der Waals surface area contributed by atoms with E-state index in [0.717, 1.165) is 5.56 Å². The van der Waals surface area contributed by atoms with Crippen LogP contribution in [0.5, 0.6) is 0 Å². The Morgan fingerprint density at radius 1 is 1.44 bits per heavy atom. The van der Waals surface area contributed by atoms with E-state index in [1.807, 2.05) is 30.3 Å². The van der Waals surface area contributed by atoms with E-state index in [1.54, 1.807) is 6.92 Å². The van der Waals surface area contributed by atoms with Gasteiger partial charge in [-0.1, -0.05) is 37.3 Å². The third kappa shape index (κ3) is 3.51. The first kappa shape index (κ1) is 13.0. The summed E-state index contributed by atoms with van der Waals surface area (Å²) in [5, 5.41) is 12.0. The minimum atomic E-state index is -0.362. The second-order valence-electron chi connectivity index (χ2n) is 3.71. The molecule has 0 saturated heterocycles. The standard InChI is InChI=1S/C12H16ClNO2/c1-9(7-13)12(16)14-11(8-15)10-5-3-2-4-6-10/h2-6,9,11,15H,7-8H2,1H3,(H,14,16)/t9?,11-/m1/s1. The van der Waals surface area contributed by atoms with Gasteiger partial charge in [-0.15, -0.1) is 11.6 Å². The normalized spacial score (nSPS) is 14.2. The van der Waals surface area contributed by atoms with Gasteiger partial charge < -0.3 is 10.4 Å². The van der Waals surface area contributed by atoms with Gasteiger partial charge in [0.1, 0.15) is 0 Å². The lowest BCUT2D eigenvalue weighted by atomic mass is 10.1. The van der Waals surface area contributed by atoms with Crippen molar-refractivity contribution in [3.63, 3.8) is 0 Å². The monoisotopic (exact) mass is 241 g/mol. The van der Waals surface area contributed by atoms with E-state index >= 15 is 0 Å². The van der Waals surface area contributed by atoms with Gasteiger partial charge in [-0.3, -0.25) is 4.79 Å². The topological polar surface area (TPSA) is 49.3 Å². The molecular formula is C12H16ClNO2.